The van der Waals surface area contributed by atoms with Gasteiger partial charge in [0.15, 0.2) is 0 Å². The SMILES string of the molecule is CN(Cc1ccncc1)C(=O)C1=CN2CCS(=O)(=O)N=C2C=C1. The monoisotopic (exact) mass is 332 g/mol. The topological polar surface area (TPSA) is 82.9 Å². The number of carbonyl (C=O) groups excluding carboxylic acids is 1. The summed E-state index contributed by atoms with van der Waals surface area (Å²) in [5.41, 5.74) is 1.49. The van der Waals surface area contributed by atoms with Gasteiger partial charge in [-0.1, -0.05) is 0 Å². The molecule has 0 atom stereocenters. The Kier molecular flexibility index (Phi) is 3.99. The van der Waals surface area contributed by atoms with Gasteiger partial charge in [-0.3, -0.25) is 9.78 Å². The zero-order valence-electron chi connectivity index (χ0n) is 12.6. The van der Waals surface area contributed by atoms with Gasteiger partial charge in [0.1, 0.15) is 5.84 Å². The van der Waals surface area contributed by atoms with E-state index in [1.807, 2.05) is 12.1 Å². The highest BCUT2D eigenvalue weighted by Crippen LogP contribution is 2.17. The van der Waals surface area contributed by atoms with Crippen LogP contribution >= 0.6 is 0 Å². The molecule has 120 valence electrons. The van der Waals surface area contributed by atoms with Crippen LogP contribution < -0.4 is 0 Å². The molecule has 0 aliphatic carbocycles. The standard InChI is InChI=1S/C15H16N4O3S/c1-18(10-12-4-6-16-7-5-12)15(20)13-2-3-14-17-23(21,22)9-8-19(14)11-13/h2-7,11H,8-10H2,1H3. The second-order valence-corrected chi connectivity index (χ2v) is 7.12. The van der Waals surface area contributed by atoms with Gasteiger partial charge >= 0.3 is 0 Å². The first-order valence-electron chi connectivity index (χ1n) is 7.08. The maximum Gasteiger partial charge on any atom is 0.256 e. The van der Waals surface area contributed by atoms with Gasteiger partial charge in [0, 0.05) is 38.7 Å². The Labute approximate surface area is 134 Å². The van der Waals surface area contributed by atoms with Gasteiger partial charge in [-0.25, -0.2) is 8.42 Å². The highest BCUT2D eigenvalue weighted by atomic mass is 32.2. The molecule has 1 aromatic rings. The molecular weight excluding hydrogens is 316 g/mol. The van der Waals surface area contributed by atoms with Crippen molar-refractivity contribution in [3.05, 3.63) is 54.0 Å². The van der Waals surface area contributed by atoms with Crippen LogP contribution in [-0.2, 0) is 21.4 Å². The van der Waals surface area contributed by atoms with Crippen LogP contribution in [0.4, 0.5) is 0 Å². The van der Waals surface area contributed by atoms with Crippen LogP contribution in [0.25, 0.3) is 0 Å². The summed E-state index contributed by atoms with van der Waals surface area (Å²) < 4.78 is 26.7. The molecule has 2 aliphatic rings. The molecule has 0 aromatic carbocycles. The number of aromatic nitrogens is 1. The number of amides is 1. The van der Waals surface area contributed by atoms with Crippen molar-refractivity contribution >= 4 is 21.8 Å². The van der Waals surface area contributed by atoms with E-state index in [0.717, 1.165) is 5.56 Å². The van der Waals surface area contributed by atoms with Crippen molar-refractivity contribution in [1.82, 2.24) is 14.8 Å². The third kappa shape index (κ3) is 3.48. The van der Waals surface area contributed by atoms with E-state index in [-0.39, 0.29) is 11.7 Å². The quantitative estimate of drug-likeness (QED) is 0.807. The van der Waals surface area contributed by atoms with Gasteiger partial charge in [-0.2, -0.15) is 0 Å². The number of rotatable bonds is 3. The number of amidine groups is 1. The third-order valence-corrected chi connectivity index (χ3v) is 4.75. The molecule has 0 radical (unpaired) electrons. The van der Waals surface area contributed by atoms with Crippen molar-refractivity contribution in [2.75, 3.05) is 19.3 Å². The molecule has 0 saturated heterocycles. The average Bonchev–Trinajstić information content (AvgIpc) is 2.54. The van der Waals surface area contributed by atoms with Crippen molar-refractivity contribution in [3.63, 3.8) is 0 Å². The number of pyridine rings is 1. The molecular formula is C15H16N4O3S. The number of fused-ring (bicyclic) bond motifs is 1. The maximum absolute atomic E-state index is 12.5. The number of hydrogen-bond acceptors (Lipinski definition) is 5. The predicted octanol–water partition coefficient (Wildman–Crippen LogP) is 0.538. The minimum absolute atomic E-state index is 0.0465. The molecule has 1 aromatic heterocycles. The molecule has 8 heteroatoms. The Morgan fingerprint density at radius 1 is 1.30 bits per heavy atom. The minimum atomic E-state index is -3.38. The van der Waals surface area contributed by atoms with Crippen molar-refractivity contribution < 1.29 is 13.2 Å². The number of carbonyl (C=O) groups is 1. The highest BCUT2D eigenvalue weighted by Gasteiger charge is 2.25. The molecule has 0 fully saturated rings. The number of sulfonamides is 1. The Hall–Kier alpha value is -2.48. The second-order valence-electron chi connectivity index (χ2n) is 5.36. The predicted molar refractivity (Wildman–Crippen MR) is 85.9 cm³/mol. The lowest BCUT2D eigenvalue weighted by Gasteiger charge is -2.28. The van der Waals surface area contributed by atoms with E-state index in [2.05, 4.69) is 9.38 Å². The first-order valence-corrected chi connectivity index (χ1v) is 8.69. The van der Waals surface area contributed by atoms with Crippen molar-refractivity contribution in [2.45, 2.75) is 6.54 Å². The van der Waals surface area contributed by atoms with Crippen LogP contribution in [0.15, 0.2) is 52.8 Å². The summed E-state index contributed by atoms with van der Waals surface area (Å²) in [6, 6.07) is 3.71. The van der Waals surface area contributed by atoms with E-state index >= 15 is 0 Å². The minimum Gasteiger partial charge on any atom is -0.337 e. The fourth-order valence-electron chi connectivity index (χ4n) is 2.38. The van der Waals surface area contributed by atoms with Crippen LogP contribution in [0.2, 0.25) is 0 Å². The van der Waals surface area contributed by atoms with Crippen molar-refractivity contribution in [1.29, 1.82) is 0 Å². The smallest absolute Gasteiger partial charge is 0.256 e. The van der Waals surface area contributed by atoms with E-state index in [1.54, 1.807) is 47.6 Å². The number of likely N-dealkylation sites (N-methyl/N-ethyl adjacent to an activating group) is 1. The number of hydrogen-bond donors (Lipinski definition) is 0. The van der Waals surface area contributed by atoms with Crippen molar-refractivity contribution in [3.8, 4) is 0 Å². The fourth-order valence-corrected chi connectivity index (χ4v) is 3.35. The summed E-state index contributed by atoms with van der Waals surface area (Å²) in [6.07, 6.45) is 8.18. The van der Waals surface area contributed by atoms with Crippen LogP contribution in [0.1, 0.15) is 5.56 Å². The van der Waals surface area contributed by atoms with Crippen LogP contribution in [0.5, 0.6) is 0 Å². The Morgan fingerprint density at radius 3 is 2.78 bits per heavy atom. The summed E-state index contributed by atoms with van der Waals surface area (Å²) >= 11 is 0. The van der Waals surface area contributed by atoms with Gasteiger partial charge in [0.2, 0.25) is 0 Å². The van der Waals surface area contributed by atoms with Crippen LogP contribution in [-0.4, -0.2) is 54.3 Å². The highest BCUT2D eigenvalue weighted by molar-refractivity contribution is 7.90. The van der Waals surface area contributed by atoms with E-state index in [1.165, 1.54) is 0 Å². The van der Waals surface area contributed by atoms with Gasteiger partial charge in [-0.15, -0.1) is 4.40 Å². The lowest BCUT2D eigenvalue weighted by molar-refractivity contribution is -0.126. The van der Waals surface area contributed by atoms with E-state index in [4.69, 9.17) is 0 Å². The molecule has 23 heavy (non-hydrogen) atoms. The van der Waals surface area contributed by atoms with Crippen LogP contribution in [0, 0.1) is 0 Å². The first kappa shape index (κ1) is 15.4. The lowest BCUT2D eigenvalue weighted by Crippen LogP contribution is -2.38. The molecule has 7 nitrogen and oxygen atoms in total. The molecule has 2 aliphatic heterocycles. The summed E-state index contributed by atoms with van der Waals surface area (Å²) in [6.45, 7) is 0.776. The van der Waals surface area contributed by atoms with Crippen LogP contribution in [0.3, 0.4) is 0 Å². The zero-order chi connectivity index (χ0) is 16.4. The molecule has 3 heterocycles. The van der Waals surface area contributed by atoms with Gasteiger partial charge in [0.05, 0.1) is 11.3 Å². The van der Waals surface area contributed by atoms with E-state index in [9.17, 15) is 13.2 Å². The van der Waals surface area contributed by atoms with E-state index < -0.39 is 10.0 Å². The normalized spacial score (nSPS) is 18.7. The van der Waals surface area contributed by atoms with Crippen molar-refractivity contribution in [2.24, 2.45) is 4.40 Å². The molecule has 0 unspecified atom stereocenters. The zero-order valence-corrected chi connectivity index (χ0v) is 13.4. The second kappa shape index (κ2) is 5.96. The molecule has 0 bridgehead atoms. The molecule has 0 saturated carbocycles. The molecule has 0 spiro atoms. The average molecular weight is 332 g/mol. The largest absolute Gasteiger partial charge is 0.337 e. The molecule has 0 N–H and O–H groups in total. The van der Waals surface area contributed by atoms with E-state index in [0.29, 0.717) is 24.5 Å². The summed E-state index contributed by atoms with van der Waals surface area (Å²) in [4.78, 5) is 19.8. The molecule has 1 amide bonds. The van der Waals surface area contributed by atoms with Gasteiger partial charge in [0.25, 0.3) is 15.9 Å². The van der Waals surface area contributed by atoms with Gasteiger partial charge in [-0.05, 0) is 29.8 Å². The summed E-state index contributed by atoms with van der Waals surface area (Å²) in [7, 11) is -1.66. The maximum atomic E-state index is 12.5. The fraction of sp³-hybridized carbons (Fsp3) is 0.267. The third-order valence-electron chi connectivity index (χ3n) is 3.59. The lowest BCUT2D eigenvalue weighted by atomic mass is 10.1. The Balaban J connectivity index is 1.74. The van der Waals surface area contributed by atoms with Gasteiger partial charge < -0.3 is 9.80 Å². The summed E-state index contributed by atoms with van der Waals surface area (Å²) in [5.74, 6) is 0.171. The Morgan fingerprint density at radius 2 is 2.04 bits per heavy atom. The summed E-state index contributed by atoms with van der Waals surface area (Å²) in [5, 5.41) is 0. The Bertz CT molecular complexity index is 812. The molecule has 3 rings (SSSR count). The first-order chi connectivity index (χ1) is 10.9. The number of nitrogens with zero attached hydrogens (tertiary/aromatic N) is 4.